The van der Waals surface area contributed by atoms with Gasteiger partial charge in [-0.3, -0.25) is 9.52 Å². The molecule has 0 bridgehead atoms. The van der Waals surface area contributed by atoms with Crippen LogP contribution in [-0.4, -0.2) is 31.9 Å². The topological polar surface area (TPSA) is 92.7 Å². The van der Waals surface area contributed by atoms with E-state index in [0.29, 0.717) is 37.3 Å². The molecule has 38 heavy (non-hydrogen) atoms. The van der Waals surface area contributed by atoms with Crippen molar-refractivity contribution < 1.29 is 23.1 Å². The number of aryl methyl sites for hydroxylation is 2. The fraction of sp³-hybridized carbons (Fsp3) is 0.774. The van der Waals surface area contributed by atoms with Gasteiger partial charge in [0.2, 0.25) is 10.0 Å². The van der Waals surface area contributed by atoms with Crippen LogP contribution in [0, 0.1) is 19.3 Å². The summed E-state index contributed by atoms with van der Waals surface area (Å²) in [5.41, 5.74) is 1.47. The molecule has 7 heteroatoms. The predicted octanol–water partition coefficient (Wildman–Crippen LogP) is 8.80. The number of hydrogen-bond acceptors (Lipinski definition) is 4. The van der Waals surface area contributed by atoms with Gasteiger partial charge in [0.25, 0.3) is 0 Å². The highest BCUT2D eigenvalue weighted by Crippen LogP contribution is 2.28. The van der Waals surface area contributed by atoms with Crippen molar-refractivity contribution in [1.29, 1.82) is 0 Å². The number of sulfonamides is 1. The van der Waals surface area contributed by atoms with Crippen molar-refractivity contribution in [1.82, 2.24) is 0 Å². The quantitative estimate of drug-likeness (QED) is 0.132. The fourth-order valence-corrected chi connectivity index (χ4v) is 5.80. The molecular formula is C31H55NO5S. The minimum Gasteiger partial charge on any atom is -0.493 e. The number of aliphatic carboxylic acids is 1. The first-order valence-corrected chi connectivity index (χ1v) is 16.6. The first-order valence-electron chi connectivity index (χ1n) is 15.0. The number of carbonyl (C=O) groups is 1. The molecule has 0 aliphatic carbocycles. The van der Waals surface area contributed by atoms with Gasteiger partial charge >= 0.3 is 5.97 Å². The van der Waals surface area contributed by atoms with E-state index in [-0.39, 0.29) is 5.75 Å². The Hall–Kier alpha value is -1.76. The van der Waals surface area contributed by atoms with Crippen LogP contribution in [0.1, 0.15) is 135 Å². The molecule has 6 nitrogen and oxygen atoms in total. The molecule has 0 aliphatic heterocycles. The third kappa shape index (κ3) is 15.0. The minimum atomic E-state index is -3.39. The third-order valence-corrected chi connectivity index (χ3v) is 8.69. The van der Waals surface area contributed by atoms with Crippen LogP contribution in [0.5, 0.6) is 5.75 Å². The number of anilines is 1. The average molecular weight is 554 g/mol. The molecule has 0 saturated carbocycles. The number of nitrogens with one attached hydrogen (secondary N) is 1. The Labute approximate surface area is 233 Å². The molecule has 0 spiro atoms. The zero-order valence-corrected chi connectivity index (χ0v) is 25.7. The highest BCUT2D eigenvalue weighted by molar-refractivity contribution is 7.92. The van der Waals surface area contributed by atoms with Crippen molar-refractivity contribution in [3.05, 3.63) is 23.3 Å². The van der Waals surface area contributed by atoms with Crippen LogP contribution in [0.2, 0.25) is 0 Å². The molecule has 0 aliphatic rings. The monoisotopic (exact) mass is 553 g/mol. The van der Waals surface area contributed by atoms with Gasteiger partial charge in [0, 0.05) is 0 Å². The van der Waals surface area contributed by atoms with Gasteiger partial charge in [0.1, 0.15) is 5.75 Å². The Morgan fingerprint density at radius 1 is 0.816 bits per heavy atom. The molecule has 0 radical (unpaired) electrons. The van der Waals surface area contributed by atoms with Crippen LogP contribution >= 0.6 is 0 Å². The second-order valence-electron chi connectivity index (χ2n) is 11.6. The van der Waals surface area contributed by atoms with E-state index in [1.807, 2.05) is 26.0 Å². The number of benzene rings is 1. The normalized spacial score (nSPS) is 12.0. The van der Waals surface area contributed by atoms with Gasteiger partial charge in [-0.1, -0.05) is 90.4 Å². The van der Waals surface area contributed by atoms with Crippen molar-refractivity contribution in [2.45, 2.75) is 137 Å². The van der Waals surface area contributed by atoms with Gasteiger partial charge in [-0.05, 0) is 70.2 Å². The summed E-state index contributed by atoms with van der Waals surface area (Å²) in [7, 11) is -3.39. The number of hydrogen-bond donors (Lipinski definition) is 2. The summed E-state index contributed by atoms with van der Waals surface area (Å²) in [4.78, 5) is 11.2. The van der Waals surface area contributed by atoms with Gasteiger partial charge in [-0.15, -0.1) is 0 Å². The van der Waals surface area contributed by atoms with Crippen molar-refractivity contribution in [3.8, 4) is 5.75 Å². The van der Waals surface area contributed by atoms with Gasteiger partial charge in [-0.25, -0.2) is 8.42 Å². The molecule has 0 aromatic heterocycles. The molecule has 0 unspecified atom stereocenters. The van der Waals surface area contributed by atoms with Crippen LogP contribution in [0.3, 0.4) is 0 Å². The largest absolute Gasteiger partial charge is 0.493 e. The van der Waals surface area contributed by atoms with E-state index in [2.05, 4.69) is 11.6 Å². The standard InChI is InChI=1S/C31H55NO5S/c1-6-7-8-9-10-11-12-13-14-15-16-17-18-19-23-38(35,36)32-28-24-27(3)29(25-26(28)2)37-22-20-21-31(4,5)30(33)34/h24-25,32H,6-23H2,1-5H3,(H,33,34). The molecule has 1 aromatic carbocycles. The lowest BCUT2D eigenvalue weighted by molar-refractivity contribution is -0.147. The highest BCUT2D eigenvalue weighted by Gasteiger charge is 2.26. The van der Waals surface area contributed by atoms with Crippen LogP contribution in [0.25, 0.3) is 0 Å². The van der Waals surface area contributed by atoms with Crippen molar-refractivity contribution in [2.24, 2.45) is 5.41 Å². The Balaban J connectivity index is 2.26. The second-order valence-corrected chi connectivity index (χ2v) is 13.4. The lowest BCUT2D eigenvalue weighted by Crippen LogP contribution is -2.24. The number of unbranched alkanes of at least 4 members (excludes halogenated alkanes) is 13. The van der Waals surface area contributed by atoms with Crippen LogP contribution < -0.4 is 9.46 Å². The molecular weight excluding hydrogens is 498 g/mol. The van der Waals surface area contributed by atoms with Gasteiger partial charge in [0.15, 0.2) is 0 Å². The minimum absolute atomic E-state index is 0.140. The summed E-state index contributed by atoms with van der Waals surface area (Å²) in [5.74, 6) is 0.0296. The van der Waals surface area contributed by atoms with Gasteiger partial charge < -0.3 is 9.84 Å². The summed E-state index contributed by atoms with van der Waals surface area (Å²) < 4.78 is 33.9. The number of carboxylic acids is 1. The molecule has 0 heterocycles. The molecule has 2 N–H and O–H groups in total. The van der Waals surface area contributed by atoms with E-state index in [9.17, 15) is 18.3 Å². The van der Waals surface area contributed by atoms with E-state index in [1.165, 1.54) is 70.6 Å². The van der Waals surface area contributed by atoms with Crippen molar-refractivity contribution >= 4 is 21.7 Å². The molecule has 0 atom stereocenters. The molecule has 0 fully saturated rings. The van der Waals surface area contributed by atoms with Gasteiger partial charge in [-0.2, -0.15) is 0 Å². The second kappa shape index (κ2) is 18.5. The first-order chi connectivity index (χ1) is 18.0. The molecule has 1 rings (SSSR count). The zero-order valence-electron chi connectivity index (χ0n) is 24.9. The van der Waals surface area contributed by atoms with Gasteiger partial charge in [0.05, 0.1) is 23.5 Å². The smallest absolute Gasteiger partial charge is 0.309 e. The van der Waals surface area contributed by atoms with Crippen molar-refractivity contribution in [2.75, 3.05) is 17.1 Å². The van der Waals surface area contributed by atoms with Crippen LogP contribution in [-0.2, 0) is 14.8 Å². The van der Waals surface area contributed by atoms with Crippen molar-refractivity contribution in [3.63, 3.8) is 0 Å². The Bertz CT molecular complexity index is 911. The van der Waals surface area contributed by atoms with E-state index in [1.54, 1.807) is 13.8 Å². The summed E-state index contributed by atoms with van der Waals surface area (Å²) >= 11 is 0. The average Bonchev–Trinajstić information content (AvgIpc) is 2.84. The van der Waals surface area contributed by atoms with Crippen LogP contribution in [0.15, 0.2) is 12.1 Å². The number of carboxylic acid groups (broad SMARTS) is 1. The third-order valence-electron chi connectivity index (χ3n) is 7.34. The fourth-order valence-electron chi connectivity index (χ4n) is 4.56. The summed E-state index contributed by atoms with van der Waals surface area (Å²) in [6.07, 6.45) is 18.5. The summed E-state index contributed by atoms with van der Waals surface area (Å²) in [6.45, 7) is 9.86. The van der Waals surface area contributed by atoms with E-state index in [4.69, 9.17) is 4.74 Å². The molecule has 1 aromatic rings. The molecule has 0 saturated heterocycles. The number of rotatable bonds is 23. The highest BCUT2D eigenvalue weighted by atomic mass is 32.2. The van der Waals surface area contributed by atoms with E-state index >= 15 is 0 Å². The summed E-state index contributed by atoms with van der Waals surface area (Å²) in [5, 5.41) is 9.22. The maximum absolute atomic E-state index is 12.6. The van der Waals surface area contributed by atoms with Crippen LogP contribution in [0.4, 0.5) is 5.69 Å². The zero-order chi connectivity index (χ0) is 28.4. The number of ether oxygens (including phenoxy) is 1. The lowest BCUT2D eigenvalue weighted by atomic mass is 9.88. The molecule has 220 valence electrons. The maximum Gasteiger partial charge on any atom is 0.309 e. The van der Waals surface area contributed by atoms with E-state index < -0.39 is 21.4 Å². The molecule has 0 amide bonds. The maximum atomic E-state index is 12.6. The predicted molar refractivity (Wildman–Crippen MR) is 160 cm³/mol. The summed E-state index contributed by atoms with van der Waals surface area (Å²) in [6, 6.07) is 3.66. The Morgan fingerprint density at radius 3 is 1.82 bits per heavy atom. The SMILES string of the molecule is CCCCCCCCCCCCCCCCS(=O)(=O)Nc1cc(C)c(OCCCC(C)(C)C(=O)O)cc1C. The Kier molecular flexibility index (Phi) is 16.7. The van der Waals surface area contributed by atoms with E-state index in [0.717, 1.165) is 24.0 Å². The first kappa shape index (κ1) is 34.3. The lowest BCUT2D eigenvalue weighted by Gasteiger charge is -2.19. The Morgan fingerprint density at radius 2 is 1.32 bits per heavy atom.